The van der Waals surface area contributed by atoms with Crippen LogP contribution in [-0.4, -0.2) is 42.9 Å². The lowest BCUT2D eigenvalue weighted by atomic mass is 10.0. The minimum atomic E-state index is -0.292. The molecule has 1 fully saturated rings. The molecule has 4 heterocycles. The van der Waals surface area contributed by atoms with Crippen molar-refractivity contribution in [1.82, 2.24) is 29.8 Å². The zero-order chi connectivity index (χ0) is 15.4. The molecule has 0 aromatic carbocycles. The van der Waals surface area contributed by atoms with E-state index in [-0.39, 0.29) is 18.0 Å². The van der Waals surface area contributed by atoms with E-state index in [2.05, 4.69) is 20.8 Å². The molecule has 9 heteroatoms. The number of aromatic nitrogens is 4. The van der Waals surface area contributed by atoms with Crippen LogP contribution in [0.4, 0.5) is 10.5 Å². The van der Waals surface area contributed by atoms with Crippen molar-refractivity contribution in [2.45, 2.75) is 12.6 Å². The molecule has 2 aliphatic rings. The second-order valence-electron chi connectivity index (χ2n) is 5.57. The van der Waals surface area contributed by atoms with Crippen LogP contribution < -0.4 is 10.6 Å². The summed E-state index contributed by atoms with van der Waals surface area (Å²) in [5, 5.41) is 14.0. The average Bonchev–Trinajstić information content (AvgIpc) is 3.11. The number of nitrogens with zero attached hydrogens (tertiary/aromatic N) is 5. The number of carbonyl (C=O) groups excluding carboxylic acids is 2. The van der Waals surface area contributed by atoms with Gasteiger partial charge in [0.25, 0.3) is 5.91 Å². The van der Waals surface area contributed by atoms with Gasteiger partial charge in [0.15, 0.2) is 5.69 Å². The molecule has 0 radical (unpaired) electrons. The van der Waals surface area contributed by atoms with Crippen LogP contribution in [0.1, 0.15) is 27.8 Å². The van der Waals surface area contributed by atoms with Crippen molar-refractivity contribution >= 4 is 17.6 Å². The molecule has 4 rings (SSSR count). The summed E-state index contributed by atoms with van der Waals surface area (Å²) in [6.07, 6.45) is 3.29. The molecular formula is C13H15N7O2. The Balaban J connectivity index is 1.69. The Morgan fingerprint density at radius 2 is 2.27 bits per heavy atom. The van der Waals surface area contributed by atoms with Crippen LogP contribution in [-0.2, 0) is 20.6 Å². The summed E-state index contributed by atoms with van der Waals surface area (Å²) >= 11 is 0. The van der Waals surface area contributed by atoms with Gasteiger partial charge in [-0.3, -0.25) is 14.2 Å². The third-order valence-electron chi connectivity index (χ3n) is 4.06. The number of carbonyl (C=O) groups is 2. The summed E-state index contributed by atoms with van der Waals surface area (Å²) in [6.45, 7) is 1.05. The summed E-state index contributed by atoms with van der Waals surface area (Å²) in [5.74, 6) is -0.292. The van der Waals surface area contributed by atoms with Gasteiger partial charge in [-0.2, -0.15) is 10.2 Å². The van der Waals surface area contributed by atoms with E-state index in [0.29, 0.717) is 24.5 Å². The highest BCUT2D eigenvalue weighted by atomic mass is 16.2. The third-order valence-corrected chi connectivity index (χ3v) is 4.06. The highest BCUT2D eigenvalue weighted by Gasteiger charge is 2.41. The number of amides is 3. The van der Waals surface area contributed by atoms with E-state index < -0.39 is 0 Å². The lowest BCUT2D eigenvalue weighted by Gasteiger charge is -2.21. The molecule has 114 valence electrons. The van der Waals surface area contributed by atoms with Gasteiger partial charge in [-0.15, -0.1) is 0 Å². The van der Waals surface area contributed by atoms with Gasteiger partial charge in [-0.05, 0) is 0 Å². The van der Waals surface area contributed by atoms with E-state index in [1.807, 2.05) is 0 Å². The quantitative estimate of drug-likeness (QED) is 0.815. The highest BCUT2D eigenvalue weighted by Crippen LogP contribution is 2.33. The summed E-state index contributed by atoms with van der Waals surface area (Å²) in [6, 6.07) is -0.278. The first-order valence-electron chi connectivity index (χ1n) is 6.94. The summed E-state index contributed by atoms with van der Waals surface area (Å²) in [5.41, 5.74) is 2.67. The SMILES string of the molecule is Cn1cc(NC(=O)c2nn(C)c3c2C2CN(C3)C(=O)N2)cn1. The van der Waals surface area contributed by atoms with Crippen LogP contribution in [0.3, 0.4) is 0 Å². The van der Waals surface area contributed by atoms with Crippen LogP contribution in [0, 0.1) is 0 Å². The Kier molecular flexibility index (Phi) is 2.53. The first kappa shape index (κ1) is 12.9. The summed E-state index contributed by atoms with van der Waals surface area (Å²) < 4.78 is 3.28. The van der Waals surface area contributed by atoms with Crippen LogP contribution in [0.5, 0.6) is 0 Å². The van der Waals surface area contributed by atoms with E-state index in [0.717, 1.165) is 11.3 Å². The number of fused-ring (bicyclic) bond motifs is 4. The van der Waals surface area contributed by atoms with Crippen LogP contribution in [0.25, 0.3) is 0 Å². The summed E-state index contributed by atoms with van der Waals surface area (Å²) in [4.78, 5) is 26.0. The zero-order valence-corrected chi connectivity index (χ0v) is 12.2. The molecule has 0 saturated carbocycles. The number of aryl methyl sites for hydroxylation is 2. The van der Waals surface area contributed by atoms with Gasteiger partial charge in [0, 0.05) is 32.4 Å². The number of anilines is 1. The highest BCUT2D eigenvalue weighted by molar-refractivity contribution is 6.04. The van der Waals surface area contributed by atoms with Crippen molar-refractivity contribution in [3.8, 4) is 0 Å². The smallest absolute Gasteiger partial charge is 0.318 e. The fourth-order valence-corrected chi connectivity index (χ4v) is 3.04. The van der Waals surface area contributed by atoms with Crippen molar-refractivity contribution in [1.29, 1.82) is 0 Å². The standard InChI is InChI=1S/C13H15N7O2/c1-18-4-7(3-14-18)15-12(21)11-10-8-5-20(13(22)16-8)6-9(10)19(2)17-11/h3-4,8H,5-6H2,1-2H3,(H,15,21)(H,16,22). The molecule has 2 bridgehead atoms. The fraction of sp³-hybridized carbons (Fsp3) is 0.385. The Morgan fingerprint density at radius 3 is 3.00 bits per heavy atom. The lowest BCUT2D eigenvalue weighted by Crippen LogP contribution is -2.29. The molecule has 9 nitrogen and oxygen atoms in total. The molecule has 2 aromatic rings. The number of nitrogens with one attached hydrogen (secondary N) is 2. The predicted molar refractivity (Wildman–Crippen MR) is 76.1 cm³/mol. The molecule has 0 aliphatic carbocycles. The minimum Gasteiger partial charge on any atom is -0.329 e. The number of rotatable bonds is 2. The third kappa shape index (κ3) is 1.78. The van der Waals surface area contributed by atoms with E-state index >= 15 is 0 Å². The molecule has 2 aliphatic heterocycles. The van der Waals surface area contributed by atoms with E-state index in [1.54, 1.807) is 40.8 Å². The Labute approximate surface area is 125 Å². The summed E-state index contributed by atoms with van der Waals surface area (Å²) in [7, 11) is 3.57. The monoisotopic (exact) mass is 301 g/mol. The maximum atomic E-state index is 12.5. The Morgan fingerprint density at radius 1 is 1.45 bits per heavy atom. The van der Waals surface area contributed by atoms with Crippen molar-refractivity contribution in [2.75, 3.05) is 11.9 Å². The van der Waals surface area contributed by atoms with Crippen molar-refractivity contribution in [2.24, 2.45) is 14.1 Å². The maximum absolute atomic E-state index is 12.5. The van der Waals surface area contributed by atoms with Gasteiger partial charge < -0.3 is 15.5 Å². The first-order valence-corrected chi connectivity index (χ1v) is 6.94. The van der Waals surface area contributed by atoms with Crippen LogP contribution in [0.2, 0.25) is 0 Å². The van der Waals surface area contributed by atoms with E-state index in [9.17, 15) is 9.59 Å². The van der Waals surface area contributed by atoms with E-state index in [1.165, 1.54) is 0 Å². The van der Waals surface area contributed by atoms with Gasteiger partial charge in [0.2, 0.25) is 0 Å². The molecule has 2 aromatic heterocycles. The Bertz CT molecular complexity index is 790. The molecule has 3 amide bonds. The van der Waals surface area contributed by atoms with Gasteiger partial charge in [0.05, 0.1) is 30.2 Å². The number of urea groups is 1. The molecule has 0 spiro atoms. The largest absolute Gasteiger partial charge is 0.329 e. The normalized spacial score (nSPS) is 19.1. The van der Waals surface area contributed by atoms with Gasteiger partial charge >= 0.3 is 6.03 Å². The number of hydrogen-bond donors (Lipinski definition) is 2. The minimum absolute atomic E-state index is 0.0974. The van der Waals surface area contributed by atoms with Gasteiger partial charge in [0.1, 0.15) is 0 Å². The lowest BCUT2D eigenvalue weighted by molar-refractivity contribution is 0.102. The molecule has 2 N–H and O–H groups in total. The fourth-order valence-electron chi connectivity index (χ4n) is 3.04. The predicted octanol–water partition coefficient (Wildman–Crippen LogP) is -0.0142. The number of hydrogen-bond acceptors (Lipinski definition) is 4. The van der Waals surface area contributed by atoms with Gasteiger partial charge in [-0.25, -0.2) is 4.79 Å². The zero-order valence-electron chi connectivity index (χ0n) is 12.2. The Hall–Kier alpha value is -2.84. The molecular weight excluding hydrogens is 286 g/mol. The van der Waals surface area contributed by atoms with E-state index in [4.69, 9.17) is 0 Å². The second-order valence-corrected chi connectivity index (χ2v) is 5.57. The molecule has 22 heavy (non-hydrogen) atoms. The topological polar surface area (TPSA) is 97.1 Å². The molecule has 1 saturated heterocycles. The molecule has 1 unspecified atom stereocenters. The maximum Gasteiger partial charge on any atom is 0.318 e. The van der Waals surface area contributed by atoms with Crippen molar-refractivity contribution < 1.29 is 9.59 Å². The van der Waals surface area contributed by atoms with Crippen LogP contribution >= 0.6 is 0 Å². The second kappa shape index (κ2) is 4.33. The van der Waals surface area contributed by atoms with Gasteiger partial charge in [-0.1, -0.05) is 0 Å². The average molecular weight is 301 g/mol. The molecule has 1 atom stereocenters. The van der Waals surface area contributed by atoms with Crippen molar-refractivity contribution in [3.63, 3.8) is 0 Å². The first-order chi connectivity index (χ1) is 10.5. The van der Waals surface area contributed by atoms with Crippen molar-refractivity contribution in [3.05, 3.63) is 29.3 Å². The van der Waals surface area contributed by atoms with Crippen LogP contribution in [0.15, 0.2) is 12.4 Å².